The summed E-state index contributed by atoms with van der Waals surface area (Å²) in [5.41, 5.74) is 1.54. The first-order valence-electron chi connectivity index (χ1n) is 7.34. The maximum absolute atomic E-state index is 12.4. The topological polar surface area (TPSA) is 51.5 Å². The highest BCUT2D eigenvalue weighted by molar-refractivity contribution is 5.96. The molecule has 0 unspecified atom stereocenters. The summed E-state index contributed by atoms with van der Waals surface area (Å²) in [6, 6.07) is 11.2. The molecule has 0 saturated heterocycles. The van der Waals surface area contributed by atoms with E-state index in [9.17, 15) is 9.59 Å². The molecule has 0 atom stereocenters. The third-order valence-electron chi connectivity index (χ3n) is 3.31. The van der Waals surface area contributed by atoms with Crippen molar-refractivity contribution in [1.29, 1.82) is 0 Å². The normalized spacial score (nSPS) is 10.3. The Hall–Kier alpha value is -2.56. The number of aromatic nitrogens is 1. The Morgan fingerprint density at radius 3 is 2.27 bits per heavy atom. The van der Waals surface area contributed by atoms with Gasteiger partial charge in [0.2, 0.25) is 0 Å². The van der Waals surface area contributed by atoms with Gasteiger partial charge in [0, 0.05) is 30.2 Å². The lowest BCUT2D eigenvalue weighted by Crippen LogP contribution is -2.36. The van der Waals surface area contributed by atoms with Crippen molar-refractivity contribution in [3.63, 3.8) is 0 Å². The first-order chi connectivity index (χ1) is 10.7. The highest BCUT2D eigenvalue weighted by atomic mass is 16.5. The number of esters is 1. The molecule has 2 aromatic rings. The molecule has 0 N–H and O–H groups in total. The lowest BCUT2D eigenvalue weighted by atomic mass is 10.1. The standard InChI is InChI=1S/C17H20N2O3/c1-3-18(13-16(20)22-4-2)17(21)14-7-9-15(10-8-14)19-11-5-6-12-19/h5-12H,3-4,13H2,1-2H3. The molecule has 22 heavy (non-hydrogen) atoms. The third kappa shape index (κ3) is 3.75. The number of ether oxygens (including phenoxy) is 1. The molecule has 0 aliphatic carbocycles. The molecule has 5 heteroatoms. The van der Waals surface area contributed by atoms with Crippen LogP contribution < -0.4 is 0 Å². The Labute approximate surface area is 130 Å². The van der Waals surface area contributed by atoms with Gasteiger partial charge in [0.1, 0.15) is 6.54 Å². The van der Waals surface area contributed by atoms with E-state index in [1.807, 2.05) is 48.1 Å². The van der Waals surface area contributed by atoms with Crippen molar-refractivity contribution >= 4 is 11.9 Å². The maximum atomic E-state index is 12.4. The molecule has 116 valence electrons. The largest absolute Gasteiger partial charge is 0.465 e. The highest BCUT2D eigenvalue weighted by Gasteiger charge is 2.17. The second kappa shape index (κ2) is 7.45. The minimum atomic E-state index is -0.387. The van der Waals surface area contributed by atoms with Crippen LogP contribution in [0, 0.1) is 0 Å². The zero-order valence-electron chi connectivity index (χ0n) is 12.9. The number of hydrogen-bond donors (Lipinski definition) is 0. The minimum absolute atomic E-state index is 0.0253. The molecule has 2 rings (SSSR count). The lowest BCUT2D eigenvalue weighted by Gasteiger charge is -2.20. The molecule has 1 aromatic carbocycles. The molecule has 1 heterocycles. The van der Waals surface area contributed by atoms with Crippen molar-refractivity contribution in [2.24, 2.45) is 0 Å². The second-order valence-corrected chi connectivity index (χ2v) is 4.76. The minimum Gasteiger partial charge on any atom is -0.465 e. The fourth-order valence-corrected chi connectivity index (χ4v) is 2.16. The SMILES string of the molecule is CCOC(=O)CN(CC)C(=O)c1ccc(-n2cccc2)cc1. The van der Waals surface area contributed by atoms with Crippen LogP contribution in [0.2, 0.25) is 0 Å². The molecule has 1 amide bonds. The van der Waals surface area contributed by atoms with E-state index in [0.717, 1.165) is 5.69 Å². The van der Waals surface area contributed by atoms with Crippen LogP contribution in [0.15, 0.2) is 48.8 Å². The summed E-state index contributed by atoms with van der Waals surface area (Å²) in [6.45, 7) is 4.33. The highest BCUT2D eigenvalue weighted by Crippen LogP contribution is 2.12. The predicted octanol–water partition coefficient (Wildman–Crippen LogP) is 2.50. The van der Waals surface area contributed by atoms with E-state index in [-0.39, 0.29) is 18.4 Å². The van der Waals surface area contributed by atoms with Gasteiger partial charge >= 0.3 is 5.97 Å². The molecular weight excluding hydrogens is 280 g/mol. The van der Waals surface area contributed by atoms with Crippen LogP contribution in [0.3, 0.4) is 0 Å². The summed E-state index contributed by atoms with van der Waals surface area (Å²) in [7, 11) is 0. The van der Waals surface area contributed by atoms with E-state index in [1.54, 1.807) is 19.1 Å². The van der Waals surface area contributed by atoms with E-state index >= 15 is 0 Å². The second-order valence-electron chi connectivity index (χ2n) is 4.76. The van der Waals surface area contributed by atoms with Crippen LogP contribution >= 0.6 is 0 Å². The predicted molar refractivity (Wildman–Crippen MR) is 84.0 cm³/mol. The van der Waals surface area contributed by atoms with Gasteiger partial charge in [-0.3, -0.25) is 9.59 Å². The summed E-state index contributed by atoms with van der Waals surface area (Å²) < 4.78 is 6.85. The van der Waals surface area contributed by atoms with E-state index < -0.39 is 0 Å². The zero-order valence-corrected chi connectivity index (χ0v) is 12.9. The summed E-state index contributed by atoms with van der Waals surface area (Å²) in [4.78, 5) is 25.4. The number of benzene rings is 1. The lowest BCUT2D eigenvalue weighted by molar-refractivity contribution is -0.143. The summed E-state index contributed by atoms with van der Waals surface area (Å²) in [6.07, 6.45) is 3.88. The number of amides is 1. The molecule has 1 aromatic heterocycles. The van der Waals surface area contributed by atoms with Crippen molar-refractivity contribution in [2.75, 3.05) is 19.7 Å². The third-order valence-corrected chi connectivity index (χ3v) is 3.31. The number of likely N-dealkylation sites (N-methyl/N-ethyl adjacent to an activating group) is 1. The van der Waals surface area contributed by atoms with Crippen molar-refractivity contribution in [2.45, 2.75) is 13.8 Å². The molecule has 0 spiro atoms. The first kappa shape index (κ1) is 15.8. The van der Waals surface area contributed by atoms with Gasteiger partial charge in [-0.25, -0.2) is 0 Å². The Morgan fingerprint density at radius 2 is 1.73 bits per heavy atom. The molecule has 5 nitrogen and oxygen atoms in total. The average Bonchev–Trinajstić information content (AvgIpc) is 3.07. The van der Waals surface area contributed by atoms with Crippen LogP contribution in [0.1, 0.15) is 24.2 Å². The summed E-state index contributed by atoms with van der Waals surface area (Å²) in [5, 5.41) is 0. The van der Waals surface area contributed by atoms with Gasteiger partial charge in [0.05, 0.1) is 6.61 Å². The summed E-state index contributed by atoms with van der Waals surface area (Å²) in [5.74, 6) is -0.559. The molecular formula is C17H20N2O3. The fraction of sp³-hybridized carbons (Fsp3) is 0.294. The number of carbonyl (C=O) groups excluding carboxylic acids is 2. The van der Waals surface area contributed by atoms with Crippen LogP contribution in [-0.2, 0) is 9.53 Å². The molecule has 0 saturated carbocycles. The van der Waals surface area contributed by atoms with Gasteiger partial charge < -0.3 is 14.2 Å². The van der Waals surface area contributed by atoms with Crippen molar-refractivity contribution in [3.8, 4) is 5.69 Å². The van der Waals surface area contributed by atoms with E-state index in [2.05, 4.69) is 0 Å². The van der Waals surface area contributed by atoms with Crippen LogP contribution in [-0.4, -0.2) is 41.0 Å². The average molecular weight is 300 g/mol. The van der Waals surface area contributed by atoms with Crippen molar-refractivity contribution < 1.29 is 14.3 Å². The molecule has 0 radical (unpaired) electrons. The van der Waals surface area contributed by atoms with Crippen molar-refractivity contribution in [3.05, 3.63) is 54.4 Å². The Bertz CT molecular complexity index is 618. The Balaban J connectivity index is 2.09. The van der Waals surface area contributed by atoms with E-state index in [0.29, 0.717) is 18.7 Å². The van der Waals surface area contributed by atoms with Gasteiger partial charge in [0.15, 0.2) is 0 Å². The zero-order chi connectivity index (χ0) is 15.9. The van der Waals surface area contributed by atoms with E-state index in [4.69, 9.17) is 4.74 Å². The molecule has 0 bridgehead atoms. The number of nitrogens with zero attached hydrogens (tertiary/aromatic N) is 2. The number of hydrogen-bond acceptors (Lipinski definition) is 3. The Morgan fingerprint density at radius 1 is 1.09 bits per heavy atom. The number of rotatable bonds is 6. The summed E-state index contributed by atoms with van der Waals surface area (Å²) >= 11 is 0. The van der Waals surface area contributed by atoms with Crippen molar-refractivity contribution in [1.82, 2.24) is 9.47 Å². The quantitative estimate of drug-likeness (QED) is 0.770. The molecule has 0 aliphatic rings. The smallest absolute Gasteiger partial charge is 0.325 e. The Kier molecular flexibility index (Phi) is 5.36. The van der Waals surface area contributed by atoms with Gasteiger partial charge in [-0.05, 0) is 50.2 Å². The van der Waals surface area contributed by atoms with Crippen LogP contribution in [0.4, 0.5) is 0 Å². The maximum Gasteiger partial charge on any atom is 0.325 e. The van der Waals surface area contributed by atoms with Crippen LogP contribution in [0.5, 0.6) is 0 Å². The van der Waals surface area contributed by atoms with Gasteiger partial charge in [-0.2, -0.15) is 0 Å². The van der Waals surface area contributed by atoms with E-state index in [1.165, 1.54) is 4.90 Å². The van der Waals surface area contributed by atoms with Gasteiger partial charge in [-0.15, -0.1) is 0 Å². The molecule has 0 fully saturated rings. The fourth-order valence-electron chi connectivity index (χ4n) is 2.16. The van der Waals surface area contributed by atoms with Gasteiger partial charge in [-0.1, -0.05) is 0 Å². The number of carbonyl (C=O) groups is 2. The monoisotopic (exact) mass is 300 g/mol. The van der Waals surface area contributed by atoms with Crippen LogP contribution in [0.25, 0.3) is 5.69 Å². The first-order valence-corrected chi connectivity index (χ1v) is 7.34. The molecule has 0 aliphatic heterocycles. The van der Waals surface area contributed by atoms with Gasteiger partial charge in [0.25, 0.3) is 5.91 Å².